The summed E-state index contributed by atoms with van der Waals surface area (Å²) in [6, 6.07) is 7.55. The molecule has 1 aromatic heterocycles. The number of rotatable bonds is 9. The van der Waals surface area contributed by atoms with E-state index in [4.69, 9.17) is 14.1 Å². The number of hydrogen-bond donors (Lipinski definition) is 1. The molecule has 5 rings (SSSR count). The minimum atomic E-state index is -5.69. The number of carbonyl (C=O) groups is 1. The van der Waals surface area contributed by atoms with Crippen molar-refractivity contribution < 1.29 is 35.5 Å². The molecule has 1 fully saturated rings. The van der Waals surface area contributed by atoms with Crippen LogP contribution in [0, 0.1) is 0 Å². The molecular formula is C27H25BrF3N3O5S. The monoisotopic (exact) mass is 639 g/mol. The van der Waals surface area contributed by atoms with Crippen molar-refractivity contribution in [3.63, 3.8) is 0 Å². The lowest BCUT2D eigenvalue weighted by molar-refractivity contribution is -0.0429. The molecule has 0 atom stereocenters. The molecular weight excluding hydrogens is 615 g/mol. The van der Waals surface area contributed by atoms with Crippen molar-refractivity contribution >= 4 is 37.6 Å². The molecule has 0 spiro atoms. The van der Waals surface area contributed by atoms with Gasteiger partial charge in [-0.1, -0.05) is 25.1 Å². The predicted octanol–water partition coefficient (Wildman–Crippen LogP) is 6.94. The smallest absolute Gasteiger partial charge is 0.472 e. The second kappa shape index (κ2) is 10.6. The Labute approximate surface area is 237 Å². The minimum absolute atomic E-state index is 0.124. The number of sulfonamides is 1. The number of halogens is 4. The van der Waals surface area contributed by atoms with Gasteiger partial charge in [0.15, 0.2) is 5.69 Å². The zero-order valence-corrected chi connectivity index (χ0v) is 23.9. The molecule has 1 aliphatic heterocycles. The average Bonchev–Trinajstić information content (AvgIpc) is 3.63. The first kappa shape index (κ1) is 28.2. The maximum atomic E-state index is 13.3. The van der Waals surface area contributed by atoms with Crippen molar-refractivity contribution in [1.29, 1.82) is 0 Å². The first-order chi connectivity index (χ1) is 19.0. The fourth-order valence-corrected chi connectivity index (χ4v) is 6.16. The number of nitrogens with one attached hydrogen (secondary N) is 1. The Bertz CT molecular complexity index is 1660. The highest BCUT2D eigenvalue weighted by Gasteiger charge is 2.46. The van der Waals surface area contributed by atoms with Gasteiger partial charge in [0, 0.05) is 33.5 Å². The summed E-state index contributed by atoms with van der Waals surface area (Å²) in [6.07, 6.45) is 5.31. The van der Waals surface area contributed by atoms with Crippen molar-refractivity contribution in [2.45, 2.75) is 51.1 Å². The normalized spacial score (nSPS) is 14.1. The van der Waals surface area contributed by atoms with Crippen LogP contribution in [0.25, 0.3) is 22.3 Å². The van der Waals surface area contributed by atoms with Gasteiger partial charge in [-0.15, -0.1) is 0 Å². The molecule has 0 bridgehead atoms. The van der Waals surface area contributed by atoms with E-state index in [2.05, 4.69) is 15.9 Å². The van der Waals surface area contributed by atoms with E-state index in [9.17, 15) is 26.4 Å². The third-order valence-electron chi connectivity index (χ3n) is 6.76. The standard InChI is InChI=1S/C27H25BrF3N3O5S/c1-3-21-32-24(15-9-10-15)25(26(35)39-4-2)34(21)13-18-16-11-12-38-14-19(16)23(28)22(18)17-7-5-6-8-20(17)33-40(36,37)27(29,30)31/h5-8,11-12,14-15,33H,3-4,9-10,13H2,1-2H3. The maximum Gasteiger partial charge on any atom is 0.516 e. The third-order valence-corrected chi connectivity index (χ3v) is 8.68. The molecule has 3 aliphatic rings. The van der Waals surface area contributed by atoms with Crippen molar-refractivity contribution in [2.75, 3.05) is 11.3 Å². The fraction of sp³-hybridized carbons (Fsp3) is 0.333. The van der Waals surface area contributed by atoms with Crippen molar-refractivity contribution in [1.82, 2.24) is 9.55 Å². The number of benzene rings is 1. The number of aryl methyl sites for hydroxylation is 1. The van der Waals surface area contributed by atoms with Gasteiger partial charge in [-0.3, -0.25) is 4.72 Å². The third kappa shape index (κ3) is 5.00. The Hall–Kier alpha value is -3.32. The van der Waals surface area contributed by atoms with Gasteiger partial charge >= 0.3 is 21.5 Å². The summed E-state index contributed by atoms with van der Waals surface area (Å²) in [5.74, 6) is 0.319. The summed E-state index contributed by atoms with van der Waals surface area (Å²) in [7, 11) is -5.69. The number of alkyl halides is 3. The first-order valence-corrected chi connectivity index (χ1v) is 14.9. The molecule has 2 aromatic rings. The van der Waals surface area contributed by atoms with E-state index in [0.717, 1.165) is 12.8 Å². The lowest BCUT2D eigenvalue weighted by Gasteiger charge is -2.17. The summed E-state index contributed by atoms with van der Waals surface area (Å²) in [4.78, 5) is 18.0. The zero-order chi connectivity index (χ0) is 28.8. The number of imidazole rings is 1. The van der Waals surface area contributed by atoms with E-state index in [0.29, 0.717) is 50.4 Å². The highest BCUT2D eigenvalue weighted by Crippen LogP contribution is 2.49. The molecule has 0 unspecified atom stereocenters. The number of nitrogens with zero attached hydrogens (tertiary/aromatic N) is 2. The van der Waals surface area contributed by atoms with E-state index < -0.39 is 21.5 Å². The van der Waals surface area contributed by atoms with Crippen LogP contribution < -0.4 is 4.72 Å². The van der Waals surface area contributed by atoms with E-state index in [-0.39, 0.29) is 30.3 Å². The molecule has 0 radical (unpaired) electrons. The van der Waals surface area contributed by atoms with Crippen LogP contribution in [-0.4, -0.2) is 36.1 Å². The summed E-state index contributed by atoms with van der Waals surface area (Å²) >= 11 is 3.58. The second-order valence-corrected chi connectivity index (χ2v) is 11.8. The average molecular weight is 640 g/mol. The van der Waals surface area contributed by atoms with Gasteiger partial charge in [-0.05, 0) is 59.0 Å². The van der Waals surface area contributed by atoms with Crippen molar-refractivity contribution in [3.8, 4) is 22.3 Å². The van der Waals surface area contributed by atoms with Crippen molar-refractivity contribution in [2.24, 2.45) is 0 Å². The van der Waals surface area contributed by atoms with Gasteiger partial charge < -0.3 is 13.7 Å². The van der Waals surface area contributed by atoms with Crippen LogP contribution in [0.2, 0.25) is 0 Å². The molecule has 1 saturated carbocycles. The number of fused-ring (bicyclic) bond motifs is 1. The van der Waals surface area contributed by atoms with Crippen LogP contribution >= 0.6 is 15.9 Å². The first-order valence-electron chi connectivity index (χ1n) is 12.6. The molecule has 1 N–H and O–H groups in total. The molecule has 0 saturated heterocycles. The number of aromatic nitrogens is 2. The topological polar surface area (TPSA) is 103 Å². The summed E-state index contributed by atoms with van der Waals surface area (Å²) in [6.45, 7) is 3.95. The van der Waals surface area contributed by atoms with Gasteiger partial charge in [-0.25, -0.2) is 9.78 Å². The second-order valence-electron chi connectivity index (χ2n) is 9.34. The van der Waals surface area contributed by atoms with Crippen LogP contribution in [0.1, 0.15) is 60.2 Å². The molecule has 212 valence electrons. The highest BCUT2D eigenvalue weighted by molar-refractivity contribution is 9.10. The van der Waals surface area contributed by atoms with E-state index in [1.807, 2.05) is 6.92 Å². The highest BCUT2D eigenvalue weighted by atomic mass is 79.9. The molecule has 0 amide bonds. The molecule has 13 heteroatoms. The summed E-state index contributed by atoms with van der Waals surface area (Å²) in [5, 5.41) is 0. The van der Waals surface area contributed by atoms with E-state index in [1.165, 1.54) is 30.7 Å². The van der Waals surface area contributed by atoms with Crippen LogP contribution in [0.4, 0.5) is 18.9 Å². The Morgan fingerprint density at radius 2 is 1.90 bits per heavy atom. The van der Waals surface area contributed by atoms with Gasteiger partial charge in [-0.2, -0.15) is 21.6 Å². The minimum Gasteiger partial charge on any atom is -0.472 e. The van der Waals surface area contributed by atoms with Gasteiger partial charge in [0.25, 0.3) is 0 Å². The Morgan fingerprint density at radius 1 is 1.18 bits per heavy atom. The van der Waals surface area contributed by atoms with Crippen LogP contribution in [-0.2, 0) is 27.7 Å². The van der Waals surface area contributed by atoms with Crippen molar-refractivity contribution in [3.05, 3.63) is 70.1 Å². The maximum absolute atomic E-state index is 13.3. The van der Waals surface area contributed by atoms with Crippen LogP contribution in [0.15, 0.2) is 51.7 Å². The Morgan fingerprint density at radius 3 is 2.55 bits per heavy atom. The molecule has 8 nitrogen and oxygen atoms in total. The number of anilines is 1. The fourth-order valence-electron chi connectivity index (χ4n) is 4.81. The predicted molar refractivity (Wildman–Crippen MR) is 146 cm³/mol. The van der Waals surface area contributed by atoms with E-state index in [1.54, 1.807) is 28.3 Å². The van der Waals surface area contributed by atoms with Gasteiger partial charge in [0.05, 0.1) is 37.1 Å². The number of para-hydroxylation sites is 1. The molecule has 2 heterocycles. The molecule has 40 heavy (non-hydrogen) atoms. The molecule has 2 aliphatic carbocycles. The summed E-state index contributed by atoms with van der Waals surface area (Å²) < 4.78 is 78.7. The quantitative estimate of drug-likeness (QED) is 0.199. The zero-order valence-electron chi connectivity index (χ0n) is 21.5. The Balaban J connectivity index is 1.73. The molecule has 1 aromatic carbocycles. The largest absolute Gasteiger partial charge is 0.516 e. The lowest BCUT2D eigenvalue weighted by atomic mass is 10.0. The van der Waals surface area contributed by atoms with Crippen LogP contribution in [0.5, 0.6) is 0 Å². The van der Waals surface area contributed by atoms with Crippen LogP contribution in [0.3, 0.4) is 0 Å². The summed E-state index contributed by atoms with van der Waals surface area (Å²) in [5.41, 5.74) is -2.09. The number of esters is 1. The lowest BCUT2D eigenvalue weighted by Crippen LogP contribution is -2.30. The number of hydrogen-bond acceptors (Lipinski definition) is 6. The number of carbonyl (C=O) groups excluding carboxylic acids is 1. The SMILES string of the molecule is CCOC(=O)c1c(C2CC2)nc(CC)n1Cc1c2ccocc-2c(Br)c1-c1ccccc1NS(=O)(=O)C(F)(F)F. The Kier molecular flexibility index (Phi) is 7.47. The van der Waals surface area contributed by atoms with E-state index >= 15 is 0 Å². The number of ether oxygens (including phenoxy) is 1. The van der Waals surface area contributed by atoms with Gasteiger partial charge in [0.2, 0.25) is 0 Å². The van der Waals surface area contributed by atoms with Gasteiger partial charge in [0.1, 0.15) is 5.82 Å².